The average Bonchev–Trinajstić information content (AvgIpc) is 3.05. The molecule has 0 bridgehead atoms. The highest BCUT2D eigenvalue weighted by atomic mass is 15.7. The van der Waals surface area contributed by atoms with Crippen LogP contribution >= 0.6 is 0 Å². The highest BCUT2D eigenvalue weighted by molar-refractivity contribution is 5.00. The fraction of sp³-hybridized carbons (Fsp3) is 1.00. The SMILES string of the molecule is CCC(C)C(C)C(C)C(C(C)CC)C1(C)NN1. The van der Waals surface area contributed by atoms with E-state index in [-0.39, 0.29) is 5.66 Å². The Morgan fingerprint density at radius 2 is 1.29 bits per heavy atom. The highest BCUT2D eigenvalue weighted by Gasteiger charge is 2.49. The Bertz CT molecular complexity index is 235. The van der Waals surface area contributed by atoms with Crippen molar-refractivity contribution in [3.63, 3.8) is 0 Å². The van der Waals surface area contributed by atoms with Crippen molar-refractivity contribution in [3.8, 4) is 0 Å². The Balaban J connectivity index is 2.76. The van der Waals surface area contributed by atoms with Crippen molar-refractivity contribution in [3.05, 3.63) is 0 Å². The molecule has 1 rings (SSSR count). The minimum atomic E-state index is 0.177. The summed E-state index contributed by atoms with van der Waals surface area (Å²) in [4.78, 5) is 0. The zero-order valence-electron chi connectivity index (χ0n) is 12.8. The predicted molar refractivity (Wildman–Crippen MR) is 75.4 cm³/mol. The van der Waals surface area contributed by atoms with E-state index in [0.717, 1.165) is 29.6 Å². The van der Waals surface area contributed by atoms with Gasteiger partial charge in [-0.2, -0.15) is 0 Å². The normalized spacial score (nSPS) is 27.0. The third kappa shape index (κ3) is 3.23. The van der Waals surface area contributed by atoms with E-state index in [4.69, 9.17) is 0 Å². The van der Waals surface area contributed by atoms with Gasteiger partial charge in [0, 0.05) is 0 Å². The second-order valence-corrected chi connectivity index (χ2v) is 6.47. The van der Waals surface area contributed by atoms with E-state index >= 15 is 0 Å². The maximum absolute atomic E-state index is 3.37. The van der Waals surface area contributed by atoms with Crippen molar-refractivity contribution in [2.45, 2.75) is 67.0 Å². The van der Waals surface area contributed by atoms with Crippen LogP contribution in [-0.4, -0.2) is 5.66 Å². The second-order valence-electron chi connectivity index (χ2n) is 6.47. The quantitative estimate of drug-likeness (QED) is 0.665. The van der Waals surface area contributed by atoms with Crippen LogP contribution in [0.3, 0.4) is 0 Å². The van der Waals surface area contributed by atoms with Gasteiger partial charge >= 0.3 is 0 Å². The Kier molecular flexibility index (Phi) is 5.03. The molecule has 5 atom stereocenters. The first-order valence-corrected chi connectivity index (χ1v) is 7.41. The fourth-order valence-corrected chi connectivity index (χ4v) is 3.35. The Hall–Kier alpha value is -0.0800. The summed E-state index contributed by atoms with van der Waals surface area (Å²) in [6.45, 7) is 16.6. The molecule has 2 N–H and O–H groups in total. The summed E-state index contributed by atoms with van der Waals surface area (Å²) in [6, 6.07) is 0. The number of hydrazine groups is 1. The molecule has 0 aliphatic carbocycles. The van der Waals surface area contributed by atoms with Crippen LogP contribution in [0.4, 0.5) is 0 Å². The average molecular weight is 240 g/mol. The third-order valence-corrected chi connectivity index (χ3v) is 5.38. The second kappa shape index (κ2) is 5.71. The summed E-state index contributed by atoms with van der Waals surface area (Å²) in [6.07, 6.45) is 2.55. The van der Waals surface area contributed by atoms with Crippen LogP contribution in [0.15, 0.2) is 0 Å². The first-order chi connectivity index (χ1) is 7.87. The van der Waals surface area contributed by atoms with Gasteiger partial charge in [0.1, 0.15) is 0 Å². The van der Waals surface area contributed by atoms with Gasteiger partial charge in [-0.15, -0.1) is 0 Å². The molecule has 0 saturated carbocycles. The van der Waals surface area contributed by atoms with Crippen molar-refractivity contribution in [1.82, 2.24) is 10.9 Å². The van der Waals surface area contributed by atoms with Gasteiger partial charge in [0.15, 0.2) is 0 Å². The molecule has 17 heavy (non-hydrogen) atoms. The van der Waals surface area contributed by atoms with Crippen molar-refractivity contribution in [2.75, 3.05) is 0 Å². The number of hydrogen-bond donors (Lipinski definition) is 2. The van der Waals surface area contributed by atoms with Crippen LogP contribution in [0.25, 0.3) is 0 Å². The van der Waals surface area contributed by atoms with Crippen molar-refractivity contribution in [1.29, 1.82) is 0 Å². The molecule has 0 aromatic carbocycles. The van der Waals surface area contributed by atoms with E-state index in [9.17, 15) is 0 Å². The van der Waals surface area contributed by atoms with Gasteiger partial charge in [0.2, 0.25) is 0 Å². The molecular formula is C15H32N2. The van der Waals surface area contributed by atoms with Gasteiger partial charge in [-0.05, 0) is 36.5 Å². The molecule has 1 aliphatic heterocycles. The molecule has 1 saturated heterocycles. The van der Waals surface area contributed by atoms with E-state index in [1.807, 2.05) is 0 Å². The van der Waals surface area contributed by atoms with Gasteiger partial charge < -0.3 is 0 Å². The molecule has 2 heteroatoms. The van der Waals surface area contributed by atoms with Crippen LogP contribution in [0.1, 0.15) is 61.3 Å². The number of rotatable bonds is 7. The van der Waals surface area contributed by atoms with Gasteiger partial charge in [-0.1, -0.05) is 54.4 Å². The topological polar surface area (TPSA) is 43.9 Å². The molecule has 0 radical (unpaired) electrons. The number of hydrogen-bond acceptors (Lipinski definition) is 2. The molecule has 2 nitrogen and oxygen atoms in total. The number of nitrogens with one attached hydrogen (secondary N) is 2. The van der Waals surface area contributed by atoms with Crippen molar-refractivity contribution in [2.24, 2.45) is 29.6 Å². The van der Waals surface area contributed by atoms with E-state index in [1.165, 1.54) is 12.8 Å². The van der Waals surface area contributed by atoms with E-state index < -0.39 is 0 Å². The van der Waals surface area contributed by atoms with Crippen molar-refractivity contribution >= 4 is 0 Å². The molecule has 1 fully saturated rings. The molecule has 102 valence electrons. The monoisotopic (exact) mass is 240 g/mol. The molecule has 1 aliphatic rings. The summed E-state index contributed by atoms with van der Waals surface area (Å²) >= 11 is 0. The standard InChI is InChI=1S/C15H32N2/c1-8-10(3)12(5)13(6)14(11(4)9-2)15(7)16-17-15/h10-14,16-17H,8-9H2,1-7H3. The lowest BCUT2D eigenvalue weighted by Crippen LogP contribution is -2.39. The lowest BCUT2D eigenvalue weighted by Gasteiger charge is -2.38. The zero-order chi connectivity index (χ0) is 13.2. The van der Waals surface area contributed by atoms with Gasteiger partial charge in [0.05, 0.1) is 5.66 Å². The largest absolute Gasteiger partial charge is 0.235 e. The van der Waals surface area contributed by atoms with Gasteiger partial charge in [-0.25, -0.2) is 10.9 Å². The summed E-state index contributed by atoms with van der Waals surface area (Å²) in [7, 11) is 0. The molecular weight excluding hydrogens is 208 g/mol. The fourth-order valence-electron chi connectivity index (χ4n) is 3.35. The molecule has 5 unspecified atom stereocenters. The molecule has 0 aromatic heterocycles. The van der Waals surface area contributed by atoms with E-state index in [2.05, 4.69) is 59.3 Å². The molecule has 0 aromatic rings. The van der Waals surface area contributed by atoms with E-state index in [0.29, 0.717) is 0 Å². The zero-order valence-corrected chi connectivity index (χ0v) is 12.8. The Morgan fingerprint density at radius 3 is 1.65 bits per heavy atom. The van der Waals surface area contributed by atoms with Gasteiger partial charge in [0.25, 0.3) is 0 Å². The van der Waals surface area contributed by atoms with Crippen LogP contribution < -0.4 is 10.9 Å². The van der Waals surface area contributed by atoms with E-state index in [1.54, 1.807) is 0 Å². The predicted octanol–water partition coefficient (Wildman–Crippen LogP) is 3.79. The van der Waals surface area contributed by atoms with Gasteiger partial charge in [-0.3, -0.25) is 0 Å². The molecule has 1 heterocycles. The first-order valence-electron chi connectivity index (χ1n) is 7.41. The first kappa shape index (κ1) is 15.0. The lowest BCUT2D eigenvalue weighted by atomic mass is 9.68. The molecule has 0 spiro atoms. The lowest BCUT2D eigenvalue weighted by molar-refractivity contribution is 0.117. The highest BCUT2D eigenvalue weighted by Crippen LogP contribution is 2.41. The van der Waals surface area contributed by atoms with Crippen LogP contribution in [0.2, 0.25) is 0 Å². The summed E-state index contributed by atoms with van der Waals surface area (Å²) in [5.41, 5.74) is 6.91. The Labute approximate surface area is 108 Å². The van der Waals surface area contributed by atoms with Crippen LogP contribution in [0.5, 0.6) is 0 Å². The minimum absolute atomic E-state index is 0.177. The summed E-state index contributed by atoms with van der Waals surface area (Å²) in [5.74, 6) is 3.85. The van der Waals surface area contributed by atoms with Crippen molar-refractivity contribution < 1.29 is 0 Å². The third-order valence-electron chi connectivity index (χ3n) is 5.38. The maximum atomic E-state index is 3.37. The summed E-state index contributed by atoms with van der Waals surface area (Å²) < 4.78 is 0. The molecule has 0 amide bonds. The Morgan fingerprint density at radius 1 is 0.824 bits per heavy atom. The van der Waals surface area contributed by atoms with Crippen LogP contribution in [-0.2, 0) is 0 Å². The smallest absolute Gasteiger partial charge is 0.0948 e. The summed E-state index contributed by atoms with van der Waals surface area (Å²) in [5, 5.41) is 0. The van der Waals surface area contributed by atoms with Crippen LogP contribution in [0, 0.1) is 29.6 Å². The maximum Gasteiger partial charge on any atom is 0.0948 e. The minimum Gasteiger partial charge on any atom is -0.235 e.